The Morgan fingerprint density at radius 1 is 1.50 bits per heavy atom. The molecule has 2 fully saturated rings. The average molecular weight is 168 g/mol. The number of likely N-dealkylation sites (tertiary alicyclic amines) is 1. The van der Waals surface area contributed by atoms with Gasteiger partial charge in [-0.05, 0) is 25.3 Å². The number of hydrogen-bond acceptors (Lipinski definition) is 2. The van der Waals surface area contributed by atoms with Gasteiger partial charge in [-0.25, -0.2) is 0 Å². The summed E-state index contributed by atoms with van der Waals surface area (Å²) in [4.78, 5) is 13.1. The van der Waals surface area contributed by atoms with E-state index in [1.165, 1.54) is 12.8 Å². The van der Waals surface area contributed by atoms with Gasteiger partial charge in [-0.2, -0.15) is 0 Å². The largest absolute Gasteiger partial charge is 0.341 e. The highest BCUT2D eigenvalue weighted by atomic mass is 16.2. The van der Waals surface area contributed by atoms with Gasteiger partial charge in [0.15, 0.2) is 0 Å². The Morgan fingerprint density at radius 3 is 3.00 bits per heavy atom. The van der Waals surface area contributed by atoms with Crippen molar-refractivity contribution in [1.82, 2.24) is 10.2 Å². The summed E-state index contributed by atoms with van der Waals surface area (Å²) < 4.78 is 0. The standard InChI is InChI=1S/C9H16N2O/c1-7(12)11-5-8-3-2-4-10-9(8)6-11/h8-10H,2-6H2,1H3/t8-,9+/m0/s1. The first-order valence-electron chi connectivity index (χ1n) is 4.76. The van der Waals surface area contributed by atoms with Crippen LogP contribution >= 0.6 is 0 Å². The molecule has 68 valence electrons. The van der Waals surface area contributed by atoms with Crippen LogP contribution in [0.4, 0.5) is 0 Å². The molecule has 0 bridgehead atoms. The fraction of sp³-hybridized carbons (Fsp3) is 0.889. The van der Waals surface area contributed by atoms with Gasteiger partial charge in [-0.1, -0.05) is 0 Å². The van der Waals surface area contributed by atoms with Crippen LogP contribution in [-0.2, 0) is 4.79 Å². The molecule has 2 heterocycles. The molecule has 3 heteroatoms. The second-order valence-corrected chi connectivity index (χ2v) is 3.89. The van der Waals surface area contributed by atoms with Gasteiger partial charge in [0.1, 0.15) is 0 Å². The molecule has 0 saturated carbocycles. The fourth-order valence-corrected chi connectivity index (χ4v) is 2.30. The first-order valence-corrected chi connectivity index (χ1v) is 4.76. The van der Waals surface area contributed by atoms with Crippen molar-refractivity contribution < 1.29 is 4.79 Å². The molecular formula is C9H16N2O. The molecule has 0 aromatic rings. The molecule has 2 aliphatic rings. The van der Waals surface area contributed by atoms with Gasteiger partial charge in [0, 0.05) is 26.1 Å². The van der Waals surface area contributed by atoms with Crippen molar-refractivity contribution in [2.75, 3.05) is 19.6 Å². The molecule has 12 heavy (non-hydrogen) atoms. The van der Waals surface area contributed by atoms with Crippen LogP contribution in [0, 0.1) is 5.92 Å². The summed E-state index contributed by atoms with van der Waals surface area (Å²) in [5.74, 6) is 0.953. The first kappa shape index (κ1) is 8.05. The fourth-order valence-electron chi connectivity index (χ4n) is 2.30. The molecule has 1 amide bonds. The van der Waals surface area contributed by atoms with E-state index < -0.39 is 0 Å². The van der Waals surface area contributed by atoms with Crippen molar-refractivity contribution in [3.05, 3.63) is 0 Å². The normalized spacial score (nSPS) is 34.9. The van der Waals surface area contributed by atoms with Crippen LogP contribution in [-0.4, -0.2) is 36.5 Å². The van der Waals surface area contributed by atoms with Crippen LogP contribution in [0.15, 0.2) is 0 Å². The Hall–Kier alpha value is -0.570. The third-order valence-electron chi connectivity index (χ3n) is 3.04. The van der Waals surface area contributed by atoms with E-state index in [1.54, 1.807) is 6.92 Å². The molecule has 3 nitrogen and oxygen atoms in total. The maximum atomic E-state index is 11.1. The molecule has 0 radical (unpaired) electrons. The van der Waals surface area contributed by atoms with Crippen molar-refractivity contribution in [2.24, 2.45) is 5.92 Å². The molecular weight excluding hydrogens is 152 g/mol. The molecule has 2 atom stereocenters. The second kappa shape index (κ2) is 3.05. The lowest BCUT2D eigenvalue weighted by Gasteiger charge is -2.24. The van der Waals surface area contributed by atoms with Gasteiger partial charge in [0.2, 0.25) is 5.91 Å². The number of fused-ring (bicyclic) bond motifs is 1. The summed E-state index contributed by atoms with van der Waals surface area (Å²) in [6.45, 7) is 4.71. The smallest absolute Gasteiger partial charge is 0.219 e. The van der Waals surface area contributed by atoms with E-state index in [4.69, 9.17) is 0 Å². The van der Waals surface area contributed by atoms with Gasteiger partial charge in [0.25, 0.3) is 0 Å². The van der Waals surface area contributed by atoms with Crippen molar-refractivity contribution in [3.8, 4) is 0 Å². The number of piperidine rings is 1. The Kier molecular flexibility index (Phi) is 2.05. The number of amides is 1. The SMILES string of the molecule is CC(=O)N1C[C@@H]2CCCN[C@@H]2C1. The molecule has 2 rings (SSSR count). The highest BCUT2D eigenvalue weighted by Crippen LogP contribution is 2.24. The second-order valence-electron chi connectivity index (χ2n) is 3.89. The minimum atomic E-state index is 0.228. The van der Waals surface area contributed by atoms with Crippen LogP contribution < -0.4 is 5.32 Å². The van der Waals surface area contributed by atoms with Crippen LogP contribution in [0.2, 0.25) is 0 Å². The Bertz CT molecular complexity index is 179. The molecule has 0 spiro atoms. The number of hydrogen-bond donors (Lipinski definition) is 1. The maximum Gasteiger partial charge on any atom is 0.219 e. The topological polar surface area (TPSA) is 32.3 Å². The molecule has 2 aliphatic heterocycles. The van der Waals surface area contributed by atoms with Gasteiger partial charge in [0.05, 0.1) is 0 Å². The quantitative estimate of drug-likeness (QED) is 0.561. The third kappa shape index (κ3) is 1.33. The maximum absolute atomic E-state index is 11.1. The predicted molar refractivity (Wildman–Crippen MR) is 46.8 cm³/mol. The summed E-state index contributed by atoms with van der Waals surface area (Å²) in [5.41, 5.74) is 0. The average Bonchev–Trinajstić information content (AvgIpc) is 2.46. The lowest BCUT2D eigenvalue weighted by molar-refractivity contribution is -0.127. The third-order valence-corrected chi connectivity index (χ3v) is 3.04. The van der Waals surface area contributed by atoms with Crippen molar-refractivity contribution in [3.63, 3.8) is 0 Å². The number of nitrogens with zero attached hydrogens (tertiary/aromatic N) is 1. The minimum absolute atomic E-state index is 0.228. The number of nitrogens with one attached hydrogen (secondary N) is 1. The molecule has 0 aromatic heterocycles. The Labute approximate surface area is 73.1 Å². The van der Waals surface area contributed by atoms with E-state index in [0.717, 1.165) is 25.6 Å². The Morgan fingerprint density at radius 2 is 2.33 bits per heavy atom. The highest BCUT2D eigenvalue weighted by Gasteiger charge is 2.34. The first-order chi connectivity index (χ1) is 5.77. The van der Waals surface area contributed by atoms with Gasteiger partial charge in [-0.15, -0.1) is 0 Å². The zero-order chi connectivity index (χ0) is 8.55. The van der Waals surface area contributed by atoms with Crippen molar-refractivity contribution in [1.29, 1.82) is 0 Å². The van der Waals surface area contributed by atoms with E-state index in [2.05, 4.69) is 5.32 Å². The molecule has 0 aliphatic carbocycles. The number of carbonyl (C=O) groups excluding carboxylic acids is 1. The van der Waals surface area contributed by atoms with Crippen molar-refractivity contribution in [2.45, 2.75) is 25.8 Å². The lowest BCUT2D eigenvalue weighted by atomic mass is 9.94. The number of rotatable bonds is 0. The zero-order valence-electron chi connectivity index (χ0n) is 7.55. The van der Waals surface area contributed by atoms with Crippen LogP contribution in [0.25, 0.3) is 0 Å². The van der Waals surface area contributed by atoms with E-state index in [-0.39, 0.29) is 5.91 Å². The molecule has 1 N–H and O–H groups in total. The molecule has 0 unspecified atom stereocenters. The van der Waals surface area contributed by atoms with Crippen LogP contribution in [0.1, 0.15) is 19.8 Å². The summed E-state index contributed by atoms with van der Waals surface area (Å²) >= 11 is 0. The van der Waals surface area contributed by atoms with Crippen molar-refractivity contribution >= 4 is 5.91 Å². The zero-order valence-corrected chi connectivity index (χ0v) is 7.55. The van der Waals surface area contributed by atoms with Gasteiger partial charge < -0.3 is 10.2 Å². The van der Waals surface area contributed by atoms with Gasteiger partial charge in [-0.3, -0.25) is 4.79 Å². The monoisotopic (exact) mass is 168 g/mol. The summed E-state index contributed by atoms with van der Waals surface area (Å²) in [5, 5.41) is 3.47. The van der Waals surface area contributed by atoms with Gasteiger partial charge >= 0.3 is 0 Å². The lowest BCUT2D eigenvalue weighted by Crippen LogP contribution is -2.40. The minimum Gasteiger partial charge on any atom is -0.341 e. The molecule has 2 saturated heterocycles. The van der Waals surface area contributed by atoms with E-state index in [9.17, 15) is 4.79 Å². The highest BCUT2D eigenvalue weighted by molar-refractivity contribution is 5.73. The summed E-state index contributed by atoms with van der Waals surface area (Å²) in [6.07, 6.45) is 2.56. The number of carbonyl (C=O) groups is 1. The Balaban J connectivity index is 1.98. The summed E-state index contributed by atoms with van der Waals surface area (Å²) in [7, 11) is 0. The van der Waals surface area contributed by atoms with E-state index in [0.29, 0.717) is 6.04 Å². The predicted octanol–water partition coefficient (Wildman–Crippen LogP) is 0.217. The van der Waals surface area contributed by atoms with Crippen LogP contribution in [0.3, 0.4) is 0 Å². The van der Waals surface area contributed by atoms with Crippen LogP contribution in [0.5, 0.6) is 0 Å². The molecule has 0 aromatic carbocycles. The summed E-state index contributed by atoms with van der Waals surface area (Å²) in [6, 6.07) is 0.586. The van der Waals surface area contributed by atoms with E-state index in [1.807, 2.05) is 4.90 Å². The van der Waals surface area contributed by atoms with E-state index >= 15 is 0 Å².